The number of hydrogen-bond donors (Lipinski definition) is 1. The third-order valence-electron chi connectivity index (χ3n) is 5.86. The van der Waals surface area contributed by atoms with Crippen LogP contribution in [-0.2, 0) is 9.59 Å². The molecule has 0 atom stereocenters. The number of urea groups is 1. The summed E-state index contributed by atoms with van der Waals surface area (Å²) in [5, 5.41) is 4.58. The van der Waals surface area contributed by atoms with E-state index in [0.717, 1.165) is 24.2 Å². The first-order chi connectivity index (χ1) is 14.9. The van der Waals surface area contributed by atoms with E-state index in [9.17, 15) is 19.2 Å². The molecule has 1 saturated heterocycles. The van der Waals surface area contributed by atoms with Gasteiger partial charge in [-0.2, -0.15) is 0 Å². The van der Waals surface area contributed by atoms with Crippen LogP contribution in [0.2, 0.25) is 0 Å². The molecule has 4 amide bonds. The van der Waals surface area contributed by atoms with Gasteiger partial charge in [0.05, 0.1) is 4.88 Å². The number of anilines is 1. The first-order valence-electron chi connectivity index (χ1n) is 10.2. The summed E-state index contributed by atoms with van der Waals surface area (Å²) < 4.78 is 5.30. The van der Waals surface area contributed by atoms with Gasteiger partial charge < -0.3 is 15.0 Å². The van der Waals surface area contributed by atoms with Gasteiger partial charge in [0.15, 0.2) is 0 Å². The number of likely N-dealkylation sites (N-methyl/N-ethyl adjacent to an activating group) is 1. The van der Waals surface area contributed by atoms with Crippen LogP contribution < -0.4 is 10.1 Å². The molecule has 2 heterocycles. The first-order valence-corrected chi connectivity index (χ1v) is 11.0. The van der Waals surface area contributed by atoms with E-state index in [1.807, 2.05) is 5.38 Å². The number of carbonyl (C=O) groups excluding carboxylic acids is 4. The Bertz CT molecular complexity index is 997. The number of benzene rings is 1. The van der Waals surface area contributed by atoms with Crippen LogP contribution in [0.5, 0.6) is 5.75 Å². The van der Waals surface area contributed by atoms with Gasteiger partial charge in [-0.05, 0) is 48.6 Å². The molecular formula is C22H23N3O5S. The van der Waals surface area contributed by atoms with Gasteiger partial charge >= 0.3 is 12.0 Å². The summed E-state index contributed by atoms with van der Waals surface area (Å²) in [5.41, 5.74) is -0.262. The van der Waals surface area contributed by atoms with E-state index in [0.29, 0.717) is 23.4 Å². The van der Waals surface area contributed by atoms with E-state index in [4.69, 9.17) is 4.74 Å². The van der Waals surface area contributed by atoms with Crippen LogP contribution >= 0.6 is 11.3 Å². The smallest absolute Gasteiger partial charge is 0.331 e. The summed E-state index contributed by atoms with van der Waals surface area (Å²) >= 11 is 1.34. The maximum absolute atomic E-state index is 13.0. The summed E-state index contributed by atoms with van der Waals surface area (Å²) in [4.78, 5) is 53.1. The third-order valence-corrected chi connectivity index (χ3v) is 6.73. The number of esters is 1. The molecule has 0 radical (unpaired) electrons. The Balaban J connectivity index is 1.36. The summed E-state index contributed by atoms with van der Waals surface area (Å²) in [5.74, 6) is -0.966. The van der Waals surface area contributed by atoms with E-state index >= 15 is 0 Å². The number of amides is 4. The molecule has 1 aliphatic heterocycles. The molecule has 2 fully saturated rings. The number of thiophene rings is 1. The van der Waals surface area contributed by atoms with E-state index in [-0.39, 0.29) is 17.6 Å². The highest BCUT2D eigenvalue weighted by atomic mass is 32.1. The molecule has 1 saturated carbocycles. The predicted molar refractivity (Wildman–Crippen MR) is 115 cm³/mol. The van der Waals surface area contributed by atoms with Gasteiger partial charge in [0.25, 0.3) is 11.8 Å². The van der Waals surface area contributed by atoms with Gasteiger partial charge in [-0.3, -0.25) is 14.5 Å². The number of nitrogens with zero attached hydrogens (tertiary/aromatic N) is 2. The minimum atomic E-state index is -0.821. The van der Waals surface area contributed by atoms with Gasteiger partial charge in [0, 0.05) is 12.7 Å². The average Bonchev–Trinajstić information content (AvgIpc) is 3.37. The molecule has 1 N–H and O–H groups in total. The molecule has 2 aliphatic rings. The Hall–Kier alpha value is -3.20. The lowest BCUT2D eigenvalue weighted by Gasteiger charge is -2.35. The minimum absolute atomic E-state index is 0.216. The first kappa shape index (κ1) is 21.0. The maximum Gasteiger partial charge on any atom is 0.331 e. The van der Waals surface area contributed by atoms with Crippen molar-refractivity contribution in [2.45, 2.75) is 37.6 Å². The maximum atomic E-state index is 13.0. The van der Waals surface area contributed by atoms with Crippen LogP contribution in [0.25, 0.3) is 0 Å². The number of imide groups is 1. The van der Waals surface area contributed by atoms with Crippen molar-refractivity contribution in [2.75, 3.05) is 18.9 Å². The standard InChI is InChI=1S/C22H23N3O5S/c1-24-21(29)25(20(28)22(24)11-3-2-4-12-22)14-18(26)30-16-9-7-15(8-10-16)23-19(27)17-6-5-13-31-17/h5-10,13H,2-4,11-12,14H2,1H3,(H,23,27). The summed E-state index contributed by atoms with van der Waals surface area (Å²) in [6.07, 6.45) is 4.06. The lowest BCUT2D eigenvalue weighted by molar-refractivity contribution is -0.142. The van der Waals surface area contributed by atoms with Gasteiger partial charge in [0.1, 0.15) is 17.8 Å². The Labute approximate surface area is 183 Å². The van der Waals surface area contributed by atoms with Crippen molar-refractivity contribution >= 4 is 40.8 Å². The van der Waals surface area contributed by atoms with Crippen LogP contribution in [0.1, 0.15) is 41.8 Å². The van der Waals surface area contributed by atoms with E-state index in [1.165, 1.54) is 16.2 Å². The van der Waals surface area contributed by atoms with Gasteiger partial charge in [0.2, 0.25) is 0 Å². The Morgan fingerprint density at radius 2 is 1.81 bits per heavy atom. The summed E-state index contributed by atoms with van der Waals surface area (Å²) in [6.45, 7) is -0.430. The molecule has 1 aromatic heterocycles. The van der Waals surface area contributed by atoms with Crippen molar-refractivity contribution in [3.63, 3.8) is 0 Å². The van der Waals surface area contributed by atoms with Crippen molar-refractivity contribution in [3.05, 3.63) is 46.7 Å². The highest BCUT2D eigenvalue weighted by Gasteiger charge is 2.55. The molecule has 1 aliphatic carbocycles. The fraction of sp³-hybridized carbons (Fsp3) is 0.364. The molecule has 1 aromatic carbocycles. The third kappa shape index (κ3) is 4.05. The molecule has 4 rings (SSSR count). The van der Waals surface area contributed by atoms with Crippen LogP contribution in [0, 0.1) is 0 Å². The predicted octanol–water partition coefficient (Wildman–Crippen LogP) is 3.50. The lowest BCUT2D eigenvalue weighted by atomic mass is 9.81. The van der Waals surface area contributed by atoms with E-state index < -0.39 is 24.1 Å². The summed E-state index contributed by atoms with van der Waals surface area (Å²) in [7, 11) is 1.63. The minimum Gasteiger partial charge on any atom is -0.425 e. The monoisotopic (exact) mass is 441 g/mol. The number of ether oxygens (including phenoxy) is 1. The molecule has 1 spiro atoms. The summed E-state index contributed by atoms with van der Waals surface area (Å²) in [6, 6.07) is 9.39. The van der Waals surface area contributed by atoms with Crippen molar-refractivity contribution in [2.24, 2.45) is 0 Å². The highest BCUT2D eigenvalue weighted by molar-refractivity contribution is 7.12. The zero-order valence-electron chi connectivity index (χ0n) is 17.1. The zero-order chi connectivity index (χ0) is 22.0. The molecule has 0 unspecified atom stereocenters. The number of carbonyl (C=O) groups is 4. The van der Waals surface area contributed by atoms with Crippen LogP contribution in [0.4, 0.5) is 10.5 Å². The molecule has 8 nitrogen and oxygen atoms in total. The second-order valence-corrected chi connectivity index (χ2v) is 8.70. The topological polar surface area (TPSA) is 96.0 Å². The quantitative estimate of drug-likeness (QED) is 0.435. The molecule has 0 bridgehead atoms. The fourth-order valence-corrected chi connectivity index (χ4v) is 4.79. The van der Waals surface area contributed by atoms with Crippen molar-refractivity contribution in [1.82, 2.24) is 9.80 Å². The van der Waals surface area contributed by atoms with Crippen LogP contribution in [0.3, 0.4) is 0 Å². The molecule has 9 heteroatoms. The van der Waals surface area contributed by atoms with Gasteiger partial charge in [-0.25, -0.2) is 9.59 Å². The number of rotatable bonds is 5. The fourth-order valence-electron chi connectivity index (χ4n) is 4.17. The van der Waals surface area contributed by atoms with E-state index in [1.54, 1.807) is 43.4 Å². The molecule has 31 heavy (non-hydrogen) atoms. The Morgan fingerprint density at radius 1 is 1.10 bits per heavy atom. The molecule has 162 valence electrons. The highest BCUT2D eigenvalue weighted by Crippen LogP contribution is 2.39. The number of hydrogen-bond acceptors (Lipinski definition) is 6. The van der Waals surface area contributed by atoms with Crippen LogP contribution in [-0.4, -0.2) is 52.7 Å². The molecule has 2 aromatic rings. The van der Waals surface area contributed by atoms with Crippen molar-refractivity contribution < 1.29 is 23.9 Å². The lowest BCUT2D eigenvalue weighted by Crippen LogP contribution is -2.49. The Morgan fingerprint density at radius 3 is 2.45 bits per heavy atom. The van der Waals surface area contributed by atoms with Gasteiger partial charge in [-0.15, -0.1) is 11.3 Å². The van der Waals surface area contributed by atoms with Gasteiger partial charge in [-0.1, -0.05) is 25.3 Å². The SMILES string of the molecule is CN1C(=O)N(CC(=O)Oc2ccc(NC(=O)c3cccs3)cc2)C(=O)C12CCCCC2. The zero-order valence-corrected chi connectivity index (χ0v) is 17.9. The van der Waals surface area contributed by atoms with E-state index in [2.05, 4.69) is 5.32 Å². The normalized spacial score (nSPS) is 17.8. The molecular weight excluding hydrogens is 418 g/mol. The average molecular weight is 442 g/mol. The van der Waals surface area contributed by atoms with Crippen LogP contribution in [0.15, 0.2) is 41.8 Å². The largest absolute Gasteiger partial charge is 0.425 e. The number of nitrogens with one attached hydrogen (secondary N) is 1. The van der Waals surface area contributed by atoms with Crippen molar-refractivity contribution in [1.29, 1.82) is 0 Å². The second kappa shape index (κ2) is 8.50. The van der Waals surface area contributed by atoms with Crippen molar-refractivity contribution in [3.8, 4) is 5.75 Å². The second-order valence-electron chi connectivity index (χ2n) is 7.76. The Kier molecular flexibility index (Phi) is 5.77.